The highest BCUT2D eigenvalue weighted by Crippen LogP contribution is 2.24. The number of nitriles is 1. The molecule has 0 amide bonds. The molecule has 0 saturated carbocycles. The van der Waals surface area contributed by atoms with Gasteiger partial charge >= 0.3 is 5.69 Å². The van der Waals surface area contributed by atoms with Crippen LogP contribution in [-0.2, 0) is 13.2 Å². The molecule has 6 heteroatoms. The maximum atomic E-state index is 12.1. The Hall–Kier alpha value is -2.81. The molecule has 0 aliphatic carbocycles. The van der Waals surface area contributed by atoms with E-state index in [0.717, 1.165) is 17.8 Å². The zero-order valence-electron chi connectivity index (χ0n) is 13.2. The first-order valence-electron chi connectivity index (χ1n) is 7.55. The van der Waals surface area contributed by atoms with Crippen molar-refractivity contribution in [2.45, 2.75) is 32.5 Å². The third-order valence-electron chi connectivity index (χ3n) is 4.23. The van der Waals surface area contributed by atoms with Crippen molar-refractivity contribution < 1.29 is 4.74 Å². The Kier molecular flexibility index (Phi) is 4.02. The Morgan fingerprint density at radius 2 is 2.13 bits per heavy atom. The predicted molar refractivity (Wildman–Crippen MR) is 86.5 cm³/mol. The summed E-state index contributed by atoms with van der Waals surface area (Å²) < 4.78 is 7.34. The Balaban J connectivity index is 1.80. The number of hydrogen-bond donors (Lipinski definition) is 0. The van der Waals surface area contributed by atoms with Crippen LogP contribution in [0.25, 0.3) is 0 Å². The van der Waals surface area contributed by atoms with Gasteiger partial charge in [-0.25, -0.2) is 4.79 Å². The Bertz CT molecular complexity index is 805. The molecule has 0 N–H and O–H groups in total. The highest BCUT2D eigenvalue weighted by atomic mass is 16.5. The monoisotopic (exact) mass is 310 g/mol. The number of hydrogen-bond acceptors (Lipinski definition) is 5. The average Bonchev–Trinajstić information content (AvgIpc) is 2.57. The van der Waals surface area contributed by atoms with Gasteiger partial charge < -0.3 is 9.64 Å². The first kappa shape index (κ1) is 15.1. The van der Waals surface area contributed by atoms with Gasteiger partial charge in [0.25, 0.3) is 0 Å². The average molecular weight is 310 g/mol. The smallest absolute Gasteiger partial charge is 0.352 e. The molecule has 0 radical (unpaired) electrons. The molecule has 2 aromatic rings. The van der Waals surface area contributed by atoms with Crippen molar-refractivity contribution in [2.24, 2.45) is 0 Å². The lowest BCUT2D eigenvalue weighted by atomic mass is 10.1. The number of fused-ring (bicyclic) bond motifs is 1. The standard InChI is InChI=1S/C17H18N4O2/c1-12-7-8-21-16(20(12)2)9-15(19-17(21)22)23-11-14-5-3-13(10-18)4-6-14/h3-6,9,12H,7-8,11H2,1-2H3/t12-/m1/s1. The summed E-state index contributed by atoms with van der Waals surface area (Å²) in [4.78, 5) is 18.2. The molecular weight excluding hydrogens is 292 g/mol. The van der Waals surface area contributed by atoms with E-state index in [-0.39, 0.29) is 5.69 Å². The highest BCUT2D eigenvalue weighted by Gasteiger charge is 2.22. The fourth-order valence-corrected chi connectivity index (χ4v) is 2.62. The molecule has 1 atom stereocenters. The number of aromatic nitrogens is 2. The Morgan fingerprint density at radius 3 is 2.83 bits per heavy atom. The Morgan fingerprint density at radius 1 is 1.39 bits per heavy atom. The second-order valence-electron chi connectivity index (χ2n) is 5.73. The van der Waals surface area contributed by atoms with Crippen molar-refractivity contribution in [3.05, 3.63) is 51.9 Å². The van der Waals surface area contributed by atoms with Crippen LogP contribution in [0.3, 0.4) is 0 Å². The van der Waals surface area contributed by atoms with Crippen LogP contribution >= 0.6 is 0 Å². The van der Waals surface area contributed by atoms with Gasteiger partial charge in [0.1, 0.15) is 12.4 Å². The zero-order valence-corrected chi connectivity index (χ0v) is 13.2. The summed E-state index contributed by atoms with van der Waals surface area (Å²) in [6.07, 6.45) is 0.927. The predicted octanol–water partition coefficient (Wildman–Crippen LogP) is 1.92. The van der Waals surface area contributed by atoms with Gasteiger partial charge in [0.15, 0.2) is 0 Å². The van der Waals surface area contributed by atoms with E-state index in [2.05, 4.69) is 22.9 Å². The van der Waals surface area contributed by atoms with Gasteiger partial charge in [-0.1, -0.05) is 12.1 Å². The maximum Gasteiger partial charge on any atom is 0.352 e. The van der Waals surface area contributed by atoms with Crippen molar-refractivity contribution in [2.75, 3.05) is 11.9 Å². The molecule has 0 saturated heterocycles. The molecule has 3 rings (SSSR count). The van der Waals surface area contributed by atoms with Crippen molar-refractivity contribution in [1.29, 1.82) is 5.26 Å². The van der Waals surface area contributed by atoms with Crippen LogP contribution in [0.1, 0.15) is 24.5 Å². The summed E-state index contributed by atoms with van der Waals surface area (Å²) in [6, 6.07) is 11.4. The number of anilines is 1. The lowest BCUT2D eigenvalue weighted by molar-refractivity contribution is 0.290. The first-order valence-corrected chi connectivity index (χ1v) is 7.55. The summed E-state index contributed by atoms with van der Waals surface area (Å²) in [5.74, 6) is 1.16. The summed E-state index contributed by atoms with van der Waals surface area (Å²) in [5.41, 5.74) is 1.25. The summed E-state index contributed by atoms with van der Waals surface area (Å²) >= 11 is 0. The van der Waals surface area contributed by atoms with Crippen LogP contribution < -0.4 is 15.3 Å². The van der Waals surface area contributed by atoms with E-state index >= 15 is 0 Å². The van der Waals surface area contributed by atoms with Gasteiger partial charge in [-0.3, -0.25) is 4.57 Å². The Labute approximate surface area is 134 Å². The SMILES string of the molecule is C[C@@H]1CCn2c(cc(OCc3ccc(C#N)cc3)nc2=O)N1C. The summed E-state index contributed by atoms with van der Waals surface area (Å²) in [7, 11) is 1.97. The van der Waals surface area contributed by atoms with Crippen molar-refractivity contribution in [3.63, 3.8) is 0 Å². The first-order chi connectivity index (χ1) is 11.1. The van der Waals surface area contributed by atoms with Gasteiger partial charge in [0, 0.05) is 25.7 Å². The zero-order chi connectivity index (χ0) is 16.4. The molecule has 0 unspecified atom stereocenters. The van der Waals surface area contributed by atoms with E-state index in [1.807, 2.05) is 19.2 Å². The molecule has 0 spiro atoms. The second kappa shape index (κ2) is 6.13. The summed E-state index contributed by atoms with van der Waals surface area (Å²) in [6.45, 7) is 3.12. The quantitative estimate of drug-likeness (QED) is 0.866. The highest BCUT2D eigenvalue weighted by molar-refractivity contribution is 5.44. The second-order valence-corrected chi connectivity index (χ2v) is 5.73. The molecule has 1 aromatic heterocycles. The molecule has 23 heavy (non-hydrogen) atoms. The minimum atomic E-state index is -0.281. The van der Waals surface area contributed by atoms with Gasteiger partial charge in [0.05, 0.1) is 11.6 Å². The van der Waals surface area contributed by atoms with Crippen LogP contribution in [0.4, 0.5) is 5.82 Å². The van der Waals surface area contributed by atoms with Gasteiger partial charge in [0.2, 0.25) is 5.88 Å². The molecule has 1 aliphatic heterocycles. The normalized spacial score (nSPS) is 16.6. The minimum absolute atomic E-state index is 0.281. The molecule has 6 nitrogen and oxygen atoms in total. The minimum Gasteiger partial charge on any atom is -0.473 e. The van der Waals surface area contributed by atoms with Crippen molar-refractivity contribution in [3.8, 4) is 11.9 Å². The molecule has 0 fully saturated rings. The van der Waals surface area contributed by atoms with Crippen LogP contribution in [0, 0.1) is 11.3 Å². The largest absolute Gasteiger partial charge is 0.473 e. The van der Waals surface area contributed by atoms with Crippen LogP contribution in [-0.4, -0.2) is 22.6 Å². The molecule has 1 aliphatic rings. The molecule has 1 aromatic carbocycles. The fourth-order valence-electron chi connectivity index (χ4n) is 2.62. The lowest BCUT2D eigenvalue weighted by Gasteiger charge is -2.34. The fraction of sp³-hybridized carbons (Fsp3) is 0.353. The van der Waals surface area contributed by atoms with Gasteiger partial charge in [-0.2, -0.15) is 10.2 Å². The maximum absolute atomic E-state index is 12.1. The van der Waals surface area contributed by atoms with Crippen molar-refractivity contribution in [1.82, 2.24) is 9.55 Å². The van der Waals surface area contributed by atoms with E-state index in [1.165, 1.54) is 0 Å². The van der Waals surface area contributed by atoms with Gasteiger partial charge in [-0.15, -0.1) is 0 Å². The third kappa shape index (κ3) is 3.04. The van der Waals surface area contributed by atoms with Crippen LogP contribution in [0.5, 0.6) is 5.88 Å². The van der Waals surface area contributed by atoms with Crippen molar-refractivity contribution >= 4 is 5.82 Å². The molecule has 118 valence electrons. The number of benzene rings is 1. The molecule has 2 heterocycles. The number of ether oxygens (including phenoxy) is 1. The van der Waals surface area contributed by atoms with E-state index < -0.39 is 0 Å². The van der Waals surface area contributed by atoms with Gasteiger partial charge in [-0.05, 0) is 31.0 Å². The molecular formula is C17H18N4O2. The summed E-state index contributed by atoms with van der Waals surface area (Å²) in [5, 5.41) is 8.79. The number of nitrogens with zero attached hydrogens (tertiary/aromatic N) is 4. The van der Waals surface area contributed by atoms with Crippen LogP contribution in [0.2, 0.25) is 0 Å². The lowest BCUT2D eigenvalue weighted by Crippen LogP contribution is -2.41. The van der Waals surface area contributed by atoms with E-state index in [0.29, 0.717) is 30.6 Å². The van der Waals surface area contributed by atoms with E-state index in [4.69, 9.17) is 10.00 Å². The van der Waals surface area contributed by atoms with Crippen LogP contribution in [0.15, 0.2) is 35.1 Å². The third-order valence-corrected chi connectivity index (χ3v) is 4.23. The van der Waals surface area contributed by atoms with E-state index in [1.54, 1.807) is 22.8 Å². The number of rotatable bonds is 3. The van der Waals surface area contributed by atoms with E-state index in [9.17, 15) is 4.79 Å². The molecule has 0 bridgehead atoms. The topological polar surface area (TPSA) is 71.1 Å².